The molecule has 0 bridgehead atoms. The molecule has 0 aliphatic heterocycles. The maximum atomic E-state index is 12.5. The lowest BCUT2D eigenvalue weighted by Gasteiger charge is -2.10. The van der Waals surface area contributed by atoms with Crippen LogP contribution in [0.4, 0.5) is 13.2 Å². The molecule has 0 spiro atoms. The van der Waals surface area contributed by atoms with Crippen LogP contribution in [0.3, 0.4) is 0 Å². The first-order chi connectivity index (χ1) is 8.93. The average Bonchev–Trinajstić information content (AvgIpc) is 2.86. The zero-order valence-corrected chi connectivity index (χ0v) is 11.5. The maximum absolute atomic E-state index is 12.5. The van der Waals surface area contributed by atoms with E-state index in [2.05, 4.69) is 18.8 Å². The Bertz CT molecular complexity index is 543. The van der Waals surface area contributed by atoms with E-state index in [1.165, 1.54) is 17.4 Å². The molecule has 1 nitrogen and oxygen atoms in total. The zero-order chi connectivity index (χ0) is 14.0. The fourth-order valence-electron chi connectivity index (χ4n) is 1.83. The van der Waals surface area contributed by atoms with E-state index in [0.717, 1.165) is 29.1 Å². The van der Waals surface area contributed by atoms with Crippen molar-refractivity contribution in [3.63, 3.8) is 0 Å². The summed E-state index contributed by atoms with van der Waals surface area (Å²) in [7, 11) is 0. The van der Waals surface area contributed by atoms with E-state index in [-0.39, 0.29) is 0 Å². The van der Waals surface area contributed by atoms with Gasteiger partial charge in [-0.3, -0.25) is 4.98 Å². The van der Waals surface area contributed by atoms with E-state index in [0.29, 0.717) is 11.6 Å². The first-order valence-corrected chi connectivity index (χ1v) is 6.92. The van der Waals surface area contributed by atoms with Gasteiger partial charge in [0, 0.05) is 6.20 Å². The van der Waals surface area contributed by atoms with Gasteiger partial charge in [0.2, 0.25) is 0 Å². The maximum Gasteiger partial charge on any atom is 0.417 e. The molecule has 0 N–H and O–H groups in total. The topological polar surface area (TPSA) is 12.9 Å². The Morgan fingerprint density at radius 2 is 2.00 bits per heavy atom. The summed E-state index contributed by atoms with van der Waals surface area (Å²) in [6.45, 7) is 4.20. The van der Waals surface area contributed by atoms with Crippen molar-refractivity contribution in [3.05, 3.63) is 40.9 Å². The molecule has 1 unspecified atom stereocenters. The summed E-state index contributed by atoms with van der Waals surface area (Å²) in [5.74, 6) is 0.380. The molecule has 5 heteroatoms. The van der Waals surface area contributed by atoms with E-state index >= 15 is 0 Å². The molecule has 0 saturated heterocycles. The van der Waals surface area contributed by atoms with Gasteiger partial charge in [-0.2, -0.15) is 13.2 Å². The molecular formula is C14H14F3NS. The van der Waals surface area contributed by atoms with Crippen LogP contribution in [0, 0.1) is 0 Å². The van der Waals surface area contributed by atoms with Gasteiger partial charge in [0.25, 0.3) is 0 Å². The first-order valence-electron chi connectivity index (χ1n) is 6.04. The number of halogens is 3. The third kappa shape index (κ3) is 2.97. The van der Waals surface area contributed by atoms with Gasteiger partial charge in [-0.25, -0.2) is 0 Å². The molecule has 0 amide bonds. The summed E-state index contributed by atoms with van der Waals surface area (Å²) >= 11 is 1.52. The minimum atomic E-state index is -4.33. The molecule has 102 valence electrons. The molecular weight excluding hydrogens is 271 g/mol. The summed E-state index contributed by atoms with van der Waals surface area (Å²) in [5.41, 5.74) is 1.05. The lowest BCUT2D eigenvalue weighted by molar-refractivity contribution is -0.137. The fraction of sp³-hybridized carbons (Fsp3) is 0.357. The summed E-state index contributed by atoms with van der Waals surface area (Å²) < 4.78 is 37.5. The van der Waals surface area contributed by atoms with Crippen LogP contribution in [0.1, 0.15) is 37.3 Å². The van der Waals surface area contributed by atoms with Gasteiger partial charge < -0.3 is 0 Å². The quantitative estimate of drug-likeness (QED) is 0.741. The van der Waals surface area contributed by atoms with Crippen molar-refractivity contribution in [2.75, 3.05) is 0 Å². The Hall–Kier alpha value is -1.36. The lowest BCUT2D eigenvalue weighted by Crippen LogP contribution is -2.05. The largest absolute Gasteiger partial charge is 0.417 e. The van der Waals surface area contributed by atoms with Crippen LogP contribution in [0.2, 0.25) is 0 Å². The van der Waals surface area contributed by atoms with Crippen LogP contribution in [0.5, 0.6) is 0 Å². The van der Waals surface area contributed by atoms with Crippen LogP contribution >= 0.6 is 11.3 Å². The van der Waals surface area contributed by atoms with E-state index < -0.39 is 11.7 Å². The van der Waals surface area contributed by atoms with Crippen molar-refractivity contribution in [1.29, 1.82) is 0 Å². The van der Waals surface area contributed by atoms with Crippen molar-refractivity contribution >= 4 is 11.3 Å². The average molecular weight is 285 g/mol. The van der Waals surface area contributed by atoms with Crippen LogP contribution in [0.25, 0.3) is 10.6 Å². The minimum absolute atomic E-state index is 0.380. The predicted octanol–water partition coefficient (Wildman–Crippen LogP) is 5.34. The first kappa shape index (κ1) is 14.1. The number of hydrogen-bond acceptors (Lipinski definition) is 2. The Kier molecular flexibility index (Phi) is 3.94. The third-order valence-electron chi connectivity index (χ3n) is 3.16. The second-order valence-electron chi connectivity index (χ2n) is 4.44. The van der Waals surface area contributed by atoms with Gasteiger partial charge in [-0.05, 0) is 41.5 Å². The zero-order valence-electron chi connectivity index (χ0n) is 10.7. The number of pyridine rings is 1. The van der Waals surface area contributed by atoms with E-state index in [9.17, 15) is 13.2 Å². The van der Waals surface area contributed by atoms with Crippen LogP contribution in [-0.4, -0.2) is 4.98 Å². The van der Waals surface area contributed by atoms with Gasteiger partial charge in [-0.15, -0.1) is 11.3 Å². The highest BCUT2D eigenvalue weighted by atomic mass is 32.1. The third-order valence-corrected chi connectivity index (χ3v) is 4.12. The molecule has 0 aliphatic rings. The number of thiophene rings is 1. The summed E-state index contributed by atoms with van der Waals surface area (Å²) in [4.78, 5) is 4.92. The highest BCUT2D eigenvalue weighted by Crippen LogP contribution is 2.36. The molecule has 0 saturated carbocycles. The second kappa shape index (κ2) is 5.33. The van der Waals surface area contributed by atoms with Gasteiger partial charge in [0.15, 0.2) is 0 Å². The van der Waals surface area contributed by atoms with E-state index in [1.807, 2.05) is 11.4 Å². The van der Waals surface area contributed by atoms with Crippen molar-refractivity contribution in [3.8, 4) is 10.6 Å². The van der Waals surface area contributed by atoms with Gasteiger partial charge in [0.05, 0.1) is 16.1 Å². The number of aromatic nitrogens is 1. The van der Waals surface area contributed by atoms with Crippen molar-refractivity contribution < 1.29 is 13.2 Å². The van der Waals surface area contributed by atoms with Gasteiger partial charge >= 0.3 is 6.18 Å². The molecule has 0 aromatic carbocycles. The van der Waals surface area contributed by atoms with Crippen molar-refractivity contribution in [2.45, 2.75) is 32.4 Å². The van der Waals surface area contributed by atoms with E-state index in [4.69, 9.17) is 0 Å². The lowest BCUT2D eigenvalue weighted by atomic mass is 9.98. The number of hydrogen-bond donors (Lipinski definition) is 0. The Labute approximate surface area is 114 Å². The molecule has 2 aromatic heterocycles. The second-order valence-corrected chi connectivity index (χ2v) is 5.36. The molecule has 0 radical (unpaired) electrons. The standard InChI is InChI=1S/C14H14F3NS/c1-3-9(2)11-6-7-19-13(11)12-5-4-10(8-18-12)14(15,16)17/h4-9H,3H2,1-2H3. The molecule has 2 heterocycles. The van der Waals surface area contributed by atoms with Crippen LogP contribution < -0.4 is 0 Å². The highest BCUT2D eigenvalue weighted by Gasteiger charge is 2.30. The predicted molar refractivity (Wildman–Crippen MR) is 71.3 cm³/mol. The van der Waals surface area contributed by atoms with Gasteiger partial charge in [-0.1, -0.05) is 13.8 Å². The smallest absolute Gasteiger partial charge is 0.255 e. The molecule has 19 heavy (non-hydrogen) atoms. The molecule has 1 atom stereocenters. The van der Waals surface area contributed by atoms with Crippen LogP contribution in [0.15, 0.2) is 29.8 Å². The summed E-state index contributed by atoms with van der Waals surface area (Å²) in [6, 6.07) is 4.55. The normalized spacial score (nSPS) is 13.5. The van der Waals surface area contributed by atoms with Crippen molar-refractivity contribution in [2.24, 2.45) is 0 Å². The number of alkyl halides is 3. The van der Waals surface area contributed by atoms with Crippen molar-refractivity contribution in [1.82, 2.24) is 4.98 Å². The number of rotatable bonds is 3. The molecule has 0 aliphatic carbocycles. The monoisotopic (exact) mass is 285 g/mol. The molecule has 2 rings (SSSR count). The Morgan fingerprint density at radius 1 is 1.26 bits per heavy atom. The van der Waals surface area contributed by atoms with Gasteiger partial charge in [0.1, 0.15) is 0 Å². The molecule has 0 fully saturated rings. The Balaban J connectivity index is 2.36. The van der Waals surface area contributed by atoms with E-state index in [1.54, 1.807) is 0 Å². The summed E-state index contributed by atoms with van der Waals surface area (Å²) in [5, 5.41) is 1.95. The highest BCUT2D eigenvalue weighted by molar-refractivity contribution is 7.13. The fourth-order valence-corrected chi connectivity index (χ4v) is 2.83. The summed E-state index contributed by atoms with van der Waals surface area (Å²) in [6.07, 6.45) is -2.44. The number of nitrogens with zero attached hydrogens (tertiary/aromatic N) is 1. The molecule has 2 aromatic rings. The van der Waals surface area contributed by atoms with Crippen LogP contribution in [-0.2, 0) is 6.18 Å². The SMILES string of the molecule is CCC(C)c1ccsc1-c1ccc(C(F)(F)F)cn1. The Morgan fingerprint density at radius 3 is 2.53 bits per heavy atom. The minimum Gasteiger partial charge on any atom is -0.255 e.